The van der Waals surface area contributed by atoms with Gasteiger partial charge >= 0.3 is 11.7 Å². The second-order valence-corrected chi connectivity index (χ2v) is 3.93. The first-order valence-electron chi connectivity index (χ1n) is 5.51. The summed E-state index contributed by atoms with van der Waals surface area (Å²) in [6, 6.07) is 6.65. The van der Waals surface area contributed by atoms with Gasteiger partial charge in [-0.15, -0.1) is 0 Å². The number of nitrogens with one attached hydrogen (secondary N) is 4. The molecule has 0 aliphatic carbocycles. The molecule has 0 unspecified atom stereocenters. The van der Waals surface area contributed by atoms with Crippen molar-refractivity contribution in [1.82, 2.24) is 9.97 Å². The van der Waals surface area contributed by atoms with Gasteiger partial charge in [-0.25, -0.2) is 9.59 Å². The molecule has 0 bridgehead atoms. The van der Waals surface area contributed by atoms with E-state index in [4.69, 9.17) is 0 Å². The van der Waals surface area contributed by atoms with Crippen molar-refractivity contribution in [3.05, 3.63) is 56.9 Å². The smallest absolute Gasteiger partial charge is 0.312 e. The Balaban J connectivity index is 2.09. The van der Waals surface area contributed by atoms with Crippen LogP contribution in [0, 0.1) is 6.92 Å². The Bertz CT molecular complexity index is 717. The monoisotopic (exact) mass is 260 g/mol. The third kappa shape index (κ3) is 3.32. The summed E-state index contributed by atoms with van der Waals surface area (Å²) in [4.78, 5) is 38.1. The van der Waals surface area contributed by atoms with Gasteiger partial charge in [-0.05, 0) is 24.6 Å². The number of benzene rings is 1. The minimum atomic E-state index is -0.664. The fraction of sp³-hybridized carbons (Fsp3) is 0.0833. The molecule has 0 atom stereocenters. The van der Waals surface area contributed by atoms with Gasteiger partial charge in [0.15, 0.2) is 0 Å². The SMILES string of the molecule is Cc1cccc(NC(=O)Nc2c[nH]c(=O)[nH]c2=O)c1. The molecule has 1 aromatic heterocycles. The molecule has 2 amide bonds. The van der Waals surface area contributed by atoms with Gasteiger partial charge in [-0.3, -0.25) is 9.78 Å². The molecule has 4 N–H and O–H groups in total. The minimum Gasteiger partial charge on any atom is -0.312 e. The first-order valence-corrected chi connectivity index (χ1v) is 5.51. The lowest BCUT2D eigenvalue weighted by atomic mass is 10.2. The van der Waals surface area contributed by atoms with Crippen molar-refractivity contribution in [2.75, 3.05) is 10.6 Å². The van der Waals surface area contributed by atoms with E-state index in [-0.39, 0.29) is 5.69 Å². The topological polar surface area (TPSA) is 107 Å². The third-order valence-corrected chi connectivity index (χ3v) is 2.34. The maximum atomic E-state index is 11.7. The standard InChI is InChI=1S/C12H12N4O3/c1-7-3-2-4-8(5-7)14-12(19)15-9-6-13-11(18)16-10(9)17/h2-6H,1H3,(H2,14,15,19)(H2,13,16,17,18). The summed E-state index contributed by atoms with van der Waals surface area (Å²) in [5.41, 5.74) is 0.278. The molecule has 0 saturated heterocycles. The fourth-order valence-corrected chi connectivity index (χ4v) is 1.51. The number of aryl methyl sites for hydroxylation is 1. The van der Waals surface area contributed by atoms with E-state index in [2.05, 4.69) is 15.6 Å². The van der Waals surface area contributed by atoms with Gasteiger partial charge in [0.05, 0.1) is 0 Å². The number of amides is 2. The number of carbonyl (C=O) groups is 1. The van der Waals surface area contributed by atoms with Crippen LogP contribution in [0.25, 0.3) is 0 Å². The van der Waals surface area contributed by atoms with Crippen LogP contribution < -0.4 is 21.9 Å². The van der Waals surface area contributed by atoms with Gasteiger partial charge in [0.2, 0.25) is 0 Å². The minimum absolute atomic E-state index is 0.0373. The zero-order valence-corrected chi connectivity index (χ0v) is 10.1. The average molecular weight is 260 g/mol. The van der Waals surface area contributed by atoms with Crippen molar-refractivity contribution in [2.24, 2.45) is 0 Å². The van der Waals surface area contributed by atoms with Crippen LogP contribution in [0.2, 0.25) is 0 Å². The van der Waals surface area contributed by atoms with Crippen LogP contribution in [-0.2, 0) is 0 Å². The number of aromatic nitrogens is 2. The first kappa shape index (κ1) is 12.6. The molecular weight excluding hydrogens is 248 g/mol. The number of rotatable bonds is 2. The molecule has 19 heavy (non-hydrogen) atoms. The summed E-state index contributed by atoms with van der Waals surface area (Å²) >= 11 is 0. The van der Waals surface area contributed by atoms with E-state index in [1.807, 2.05) is 18.0 Å². The number of hydrogen-bond acceptors (Lipinski definition) is 3. The van der Waals surface area contributed by atoms with Crippen LogP contribution in [0.1, 0.15) is 5.56 Å². The Morgan fingerprint density at radius 3 is 2.68 bits per heavy atom. The lowest BCUT2D eigenvalue weighted by molar-refractivity contribution is 0.262. The van der Waals surface area contributed by atoms with Crippen LogP contribution in [0.15, 0.2) is 40.1 Å². The van der Waals surface area contributed by atoms with Gasteiger partial charge in [0, 0.05) is 11.9 Å². The van der Waals surface area contributed by atoms with Gasteiger partial charge in [-0.1, -0.05) is 12.1 Å². The molecule has 98 valence electrons. The van der Waals surface area contributed by atoms with Crippen LogP contribution in [0.4, 0.5) is 16.2 Å². The normalized spacial score (nSPS) is 9.95. The number of hydrogen-bond donors (Lipinski definition) is 4. The number of H-pyrrole nitrogens is 2. The third-order valence-electron chi connectivity index (χ3n) is 2.34. The Morgan fingerprint density at radius 1 is 1.21 bits per heavy atom. The van der Waals surface area contributed by atoms with Crippen LogP contribution in [0.5, 0.6) is 0 Å². The average Bonchev–Trinajstić information content (AvgIpc) is 2.33. The van der Waals surface area contributed by atoms with Gasteiger partial charge in [0.1, 0.15) is 5.69 Å². The molecule has 0 fully saturated rings. The second kappa shape index (κ2) is 5.21. The van der Waals surface area contributed by atoms with E-state index in [0.29, 0.717) is 5.69 Å². The maximum Gasteiger partial charge on any atom is 0.325 e. The Kier molecular flexibility index (Phi) is 3.46. The van der Waals surface area contributed by atoms with Crippen LogP contribution >= 0.6 is 0 Å². The Hall–Kier alpha value is -2.83. The van der Waals surface area contributed by atoms with E-state index < -0.39 is 17.3 Å². The molecule has 7 heteroatoms. The summed E-state index contributed by atoms with van der Waals surface area (Å²) in [7, 11) is 0. The Morgan fingerprint density at radius 2 is 2.00 bits per heavy atom. The molecule has 1 aromatic carbocycles. The van der Waals surface area contributed by atoms with Crippen molar-refractivity contribution >= 4 is 17.4 Å². The summed E-state index contributed by atoms with van der Waals surface area (Å²) in [6.45, 7) is 1.90. The second-order valence-electron chi connectivity index (χ2n) is 3.93. The highest BCUT2D eigenvalue weighted by atomic mass is 16.2. The van der Waals surface area contributed by atoms with Crippen LogP contribution in [-0.4, -0.2) is 16.0 Å². The van der Waals surface area contributed by atoms with Crippen LogP contribution in [0.3, 0.4) is 0 Å². The molecule has 0 aliphatic rings. The fourth-order valence-electron chi connectivity index (χ4n) is 1.51. The lowest BCUT2D eigenvalue weighted by Crippen LogP contribution is -2.28. The first-order chi connectivity index (χ1) is 9.04. The van der Waals surface area contributed by atoms with E-state index in [0.717, 1.165) is 11.8 Å². The highest BCUT2D eigenvalue weighted by Gasteiger charge is 2.06. The highest BCUT2D eigenvalue weighted by molar-refractivity contribution is 5.99. The van der Waals surface area contributed by atoms with E-state index in [1.54, 1.807) is 18.2 Å². The molecule has 1 heterocycles. The lowest BCUT2D eigenvalue weighted by Gasteiger charge is -2.07. The quantitative estimate of drug-likeness (QED) is 0.647. The number of anilines is 2. The zero-order chi connectivity index (χ0) is 13.8. The largest absolute Gasteiger partial charge is 0.325 e. The molecule has 0 spiro atoms. The van der Waals surface area contributed by atoms with Crippen molar-refractivity contribution in [3.8, 4) is 0 Å². The predicted molar refractivity (Wildman–Crippen MR) is 71.5 cm³/mol. The van der Waals surface area contributed by atoms with Crippen molar-refractivity contribution in [1.29, 1.82) is 0 Å². The summed E-state index contributed by atoms with van der Waals surface area (Å²) in [5.74, 6) is 0. The molecular formula is C12H12N4O3. The van der Waals surface area contributed by atoms with E-state index >= 15 is 0 Å². The van der Waals surface area contributed by atoms with Crippen molar-refractivity contribution in [2.45, 2.75) is 6.92 Å². The van der Waals surface area contributed by atoms with Gasteiger partial charge in [0.25, 0.3) is 5.56 Å². The van der Waals surface area contributed by atoms with E-state index in [1.165, 1.54) is 0 Å². The van der Waals surface area contributed by atoms with Crippen molar-refractivity contribution in [3.63, 3.8) is 0 Å². The number of carbonyl (C=O) groups excluding carboxylic acids is 1. The molecule has 0 aliphatic heterocycles. The summed E-state index contributed by atoms with van der Waals surface area (Å²) in [6.07, 6.45) is 1.14. The summed E-state index contributed by atoms with van der Waals surface area (Å²) in [5, 5.41) is 4.92. The predicted octanol–water partition coefficient (Wildman–Crippen LogP) is 1.02. The Labute approximate surface area is 107 Å². The summed E-state index contributed by atoms with van der Waals surface area (Å²) < 4.78 is 0. The molecule has 0 saturated carbocycles. The highest BCUT2D eigenvalue weighted by Crippen LogP contribution is 2.09. The van der Waals surface area contributed by atoms with Crippen molar-refractivity contribution < 1.29 is 4.79 Å². The molecule has 7 nitrogen and oxygen atoms in total. The molecule has 2 aromatic rings. The maximum absolute atomic E-state index is 11.7. The number of urea groups is 1. The number of aromatic amines is 2. The van der Waals surface area contributed by atoms with E-state index in [9.17, 15) is 14.4 Å². The van der Waals surface area contributed by atoms with Gasteiger partial charge < -0.3 is 15.6 Å². The zero-order valence-electron chi connectivity index (χ0n) is 10.1. The molecule has 2 rings (SSSR count). The molecule has 0 radical (unpaired) electrons. The van der Waals surface area contributed by atoms with Gasteiger partial charge in [-0.2, -0.15) is 0 Å².